The lowest BCUT2D eigenvalue weighted by Crippen LogP contribution is -2.11. The highest BCUT2D eigenvalue weighted by Gasteiger charge is 2.15. The van der Waals surface area contributed by atoms with Gasteiger partial charge in [-0.15, -0.1) is 0 Å². The number of hydrogen-bond donors (Lipinski definition) is 1. The standard InChI is InChI=1S/C18H20Cl2O/c1-18(2,3)13-6-4-12(5-7-13)10-17(21)15-9-8-14(19)11-16(15)20/h4-9,11,17,21H,10H2,1-3H3. The molecule has 1 nitrogen and oxygen atoms in total. The van der Waals surface area contributed by atoms with Crippen molar-refractivity contribution >= 4 is 23.2 Å². The molecule has 0 fully saturated rings. The molecule has 3 heteroatoms. The maximum Gasteiger partial charge on any atom is 0.0844 e. The zero-order valence-electron chi connectivity index (χ0n) is 12.5. The number of benzene rings is 2. The highest BCUT2D eigenvalue weighted by molar-refractivity contribution is 6.35. The normalized spacial score (nSPS) is 13.2. The molecule has 0 aliphatic carbocycles. The van der Waals surface area contributed by atoms with Crippen LogP contribution in [0.15, 0.2) is 42.5 Å². The Bertz CT molecular complexity index is 612. The number of rotatable bonds is 3. The Morgan fingerprint density at radius 1 is 1.00 bits per heavy atom. The molecule has 0 amide bonds. The molecule has 0 aliphatic heterocycles. The fraction of sp³-hybridized carbons (Fsp3) is 0.333. The predicted molar refractivity (Wildman–Crippen MR) is 90.3 cm³/mol. The monoisotopic (exact) mass is 322 g/mol. The van der Waals surface area contributed by atoms with Crippen LogP contribution >= 0.6 is 23.2 Å². The van der Waals surface area contributed by atoms with Gasteiger partial charge in [0.15, 0.2) is 0 Å². The van der Waals surface area contributed by atoms with Crippen LogP contribution in [0.3, 0.4) is 0 Å². The van der Waals surface area contributed by atoms with E-state index in [1.54, 1.807) is 18.2 Å². The SMILES string of the molecule is CC(C)(C)c1ccc(CC(O)c2ccc(Cl)cc2Cl)cc1. The van der Waals surface area contributed by atoms with Gasteiger partial charge < -0.3 is 5.11 Å². The van der Waals surface area contributed by atoms with Crippen molar-refractivity contribution < 1.29 is 5.11 Å². The molecule has 0 aliphatic rings. The van der Waals surface area contributed by atoms with Crippen LogP contribution in [0.4, 0.5) is 0 Å². The number of hydrogen-bond acceptors (Lipinski definition) is 1. The van der Waals surface area contributed by atoms with Gasteiger partial charge in [-0.05, 0) is 34.2 Å². The second kappa shape index (κ2) is 6.39. The molecule has 0 aromatic heterocycles. The van der Waals surface area contributed by atoms with Gasteiger partial charge in [-0.1, -0.05) is 74.3 Å². The Kier molecular flexibility index (Phi) is 4.98. The van der Waals surface area contributed by atoms with Crippen LogP contribution in [-0.2, 0) is 11.8 Å². The van der Waals surface area contributed by atoms with Crippen molar-refractivity contribution in [2.75, 3.05) is 0 Å². The lowest BCUT2D eigenvalue weighted by molar-refractivity contribution is 0.178. The van der Waals surface area contributed by atoms with Gasteiger partial charge in [-0.25, -0.2) is 0 Å². The smallest absolute Gasteiger partial charge is 0.0844 e. The first-order valence-electron chi connectivity index (χ1n) is 7.00. The molecule has 0 saturated carbocycles. The third kappa shape index (κ3) is 4.23. The van der Waals surface area contributed by atoms with Crippen LogP contribution < -0.4 is 0 Å². The van der Waals surface area contributed by atoms with Gasteiger partial charge in [-0.3, -0.25) is 0 Å². The van der Waals surface area contributed by atoms with Gasteiger partial charge in [0.25, 0.3) is 0 Å². The predicted octanol–water partition coefficient (Wildman–Crippen LogP) is 5.57. The average molecular weight is 323 g/mol. The number of aliphatic hydroxyl groups excluding tert-OH is 1. The van der Waals surface area contributed by atoms with E-state index >= 15 is 0 Å². The van der Waals surface area contributed by atoms with Crippen LogP contribution in [0, 0.1) is 0 Å². The van der Waals surface area contributed by atoms with E-state index in [0.29, 0.717) is 22.0 Å². The largest absolute Gasteiger partial charge is 0.388 e. The van der Waals surface area contributed by atoms with Gasteiger partial charge >= 0.3 is 0 Å². The molecular weight excluding hydrogens is 303 g/mol. The van der Waals surface area contributed by atoms with E-state index in [2.05, 4.69) is 45.0 Å². The van der Waals surface area contributed by atoms with Gasteiger partial charge in [-0.2, -0.15) is 0 Å². The average Bonchev–Trinajstić information content (AvgIpc) is 2.38. The van der Waals surface area contributed by atoms with Gasteiger partial charge in [0.1, 0.15) is 0 Å². The summed E-state index contributed by atoms with van der Waals surface area (Å²) in [7, 11) is 0. The summed E-state index contributed by atoms with van der Waals surface area (Å²) in [5.41, 5.74) is 3.21. The summed E-state index contributed by atoms with van der Waals surface area (Å²) in [5, 5.41) is 11.4. The molecule has 1 unspecified atom stereocenters. The van der Waals surface area contributed by atoms with Gasteiger partial charge in [0, 0.05) is 16.5 Å². The third-order valence-corrected chi connectivity index (χ3v) is 4.13. The Morgan fingerprint density at radius 2 is 1.62 bits per heavy atom. The molecule has 21 heavy (non-hydrogen) atoms. The van der Waals surface area contributed by atoms with E-state index in [-0.39, 0.29) is 5.41 Å². The maximum atomic E-state index is 10.3. The van der Waals surface area contributed by atoms with Crippen molar-refractivity contribution in [1.29, 1.82) is 0 Å². The first kappa shape index (κ1) is 16.4. The van der Waals surface area contributed by atoms with Crippen LogP contribution in [-0.4, -0.2) is 5.11 Å². The first-order valence-corrected chi connectivity index (χ1v) is 7.75. The summed E-state index contributed by atoms with van der Waals surface area (Å²) in [6.07, 6.45) is -0.0959. The summed E-state index contributed by atoms with van der Waals surface area (Å²) in [4.78, 5) is 0. The second-order valence-electron chi connectivity index (χ2n) is 6.33. The Hall–Kier alpha value is -1.02. The summed E-state index contributed by atoms with van der Waals surface area (Å²) in [5.74, 6) is 0. The fourth-order valence-corrected chi connectivity index (χ4v) is 2.78. The van der Waals surface area contributed by atoms with E-state index < -0.39 is 6.10 Å². The molecule has 2 aromatic rings. The Morgan fingerprint density at radius 3 is 2.14 bits per heavy atom. The van der Waals surface area contributed by atoms with E-state index in [4.69, 9.17) is 23.2 Å². The highest BCUT2D eigenvalue weighted by atomic mass is 35.5. The van der Waals surface area contributed by atoms with E-state index in [0.717, 1.165) is 5.56 Å². The minimum atomic E-state index is -0.629. The Balaban J connectivity index is 2.14. The summed E-state index contributed by atoms with van der Waals surface area (Å²) >= 11 is 12.0. The lowest BCUT2D eigenvalue weighted by atomic mass is 9.86. The third-order valence-electron chi connectivity index (χ3n) is 3.57. The molecular formula is C18H20Cl2O. The zero-order chi connectivity index (χ0) is 15.6. The van der Waals surface area contributed by atoms with Crippen molar-refractivity contribution in [1.82, 2.24) is 0 Å². The molecule has 1 atom stereocenters. The summed E-state index contributed by atoms with van der Waals surface area (Å²) < 4.78 is 0. The summed E-state index contributed by atoms with van der Waals surface area (Å²) in [6, 6.07) is 13.5. The van der Waals surface area contributed by atoms with Crippen LogP contribution in [0.1, 0.15) is 43.6 Å². The molecule has 0 bridgehead atoms. The van der Waals surface area contributed by atoms with E-state index in [1.807, 2.05) is 0 Å². The molecule has 112 valence electrons. The first-order chi connectivity index (χ1) is 9.77. The second-order valence-corrected chi connectivity index (χ2v) is 7.18. The maximum absolute atomic E-state index is 10.3. The van der Waals surface area contributed by atoms with E-state index in [1.165, 1.54) is 5.56 Å². The van der Waals surface area contributed by atoms with Crippen molar-refractivity contribution in [2.45, 2.75) is 38.7 Å². The van der Waals surface area contributed by atoms with Crippen LogP contribution in [0.5, 0.6) is 0 Å². The molecule has 2 aromatic carbocycles. The fourth-order valence-electron chi connectivity index (χ4n) is 2.25. The summed E-state index contributed by atoms with van der Waals surface area (Å²) in [6.45, 7) is 6.55. The van der Waals surface area contributed by atoms with Crippen molar-refractivity contribution in [3.8, 4) is 0 Å². The molecule has 1 N–H and O–H groups in total. The minimum absolute atomic E-state index is 0.136. The quantitative estimate of drug-likeness (QED) is 0.783. The molecule has 0 spiro atoms. The van der Waals surface area contributed by atoms with Gasteiger partial charge in [0.2, 0.25) is 0 Å². The Labute approximate surface area is 136 Å². The highest BCUT2D eigenvalue weighted by Crippen LogP contribution is 2.29. The molecule has 0 saturated heterocycles. The van der Waals surface area contributed by atoms with E-state index in [9.17, 15) is 5.11 Å². The van der Waals surface area contributed by atoms with Crippen molar-refractivity contribution in [3.63, 3.8) is 0 Å². The van der Waals surface area contributed by atoms with Crippen molar-refractivity contribution in [2.24, 2.45) is 0 Å². The number of aliphatic hydroxyl groups is 1. The lowest BCUT2D eigenvalue weighted by Gasteiger charge is -2.19. The molecule has 2 rings (SSSR count). The molecule has 0 heterocycles. The van der Waals surface area contributed by atoms with Gasteiger partial charge in [0.05, 0.1) is 6.10 Å². The minimum Gasteiger partial charge on any atom is -0.388 e. The topological polar surface area (TPSA) is 20.2 Å². The van der Waals surface area contributed by atoms with Crippen LogP contribution in [0.25, 0.3) is 0 Å². The van der Waals surface area contributed by atoms with Crippen molar-refractivity contribution in [3.05, 3.63) is 69.2 Å². The van der Waals surface area contributed by atoms with Crippen LogP contribution in [0.2, 0.25) is 10.0 Å². The molecule has 0 radical (unpaired) electrons. The number of halogens is 2. The zero-order valence-corrected chi connectivity index (χ0v) is 14.0.